The molecule has 1 amide bonds. The molecule has 0 unspecified atom stereocenters. The molecule has 6 aromatic rings. The number of aromatic nitrogens is 6. The van der Waals surface area contributed by atoms with Gasteiger partial charge in [-0.2, -0.15) is 5.10 Å². The number of H-pyrrole nitrogens is 2. The topological polar surface area (TPSA) is 146 Å². The Kier molecular flexibility index (Phi) is 6.50. The number of hydrogen-bond acceptors (Lipinski definition) is 7. The third-order valence-corrected chi connectivity index (χ3v) is 8.44. The third-order valence-electron chi connectivity index (χ3n) is 7.50. The lowest BCUT2D eigenvalue weighted by atomic mass is 10.0. The van der Waals surface area contributed by atoms with Gasteiger partial charge in [0.2, 0.25) is 5.91 Å². The van der Waals surface area contributed by atoms with E-state index in [0.29, 0.717) is 44.9 Å². The Hall–Kier alpha value is -4.97. The lowest BCUT2D eigenvalue weighted by Gasteiger charge is -2.07. The van der Waals surface area contributed by atoms with Crippen molar-refractivity contribution in [3.05, 3.63) is 78.6 Å². The van der Waals surface area contributed by atoms with E-state index in [9.17, 15) is 17.6 Å². The predicted molar refractivity (Wildman–Crippen MR) is 162 cm³/mol. The summed E-state index contributed by atoms with van der Waals surface area (Å²) in [7, 11) is -3.20. The van der Waals surface area contributed by atoms with E-state index in [1.165, 1.54) is 12.1 Å². The number of aryl methyl sites for hydroxylation is 1. The summed E-state index contributed by atoms with van der Waals surface area (Å²) in [6, 6.07) is 12.3. The molecule has 0 atom stereocenters. The van der Waals surface area contributed by atoms with Gasteiger partial charge in [-0.05, 0) is 66.3 Å². The highest BCUT2D eigenvalue weighted by Gasteiger charge is 2.29. The van der Waals surface area contributed by atoms with Crippen molar-refractivity contribution >= 4 is 43.4 Å². The number of amides is 1. The molecule has 1 aliphatic rings. The number of pyridine rings is 2. The van der Waals surface area contributed by atoms with Crippen LogP contribution in [-0.2, 0) is 21.1 Å². The van der Waals surface area contributed by atoms with Gasteiger partial charge in [0.1, 0.15) is 21.3 Å². The number of halogens is 1. The van der Waals surface area contributed by atoms with Crippen LogP contribution < -0.4 is 5.32 Å². The SMILES string of the molecule is CS(=O)(=O)CCc1cc(F)cc(-c2cncc3[nH]c(-c4n[nH]c5ccc(-c6cncc(NC(=O)C7CC7)c6)cc45)nc23)c1. The highest BCUT2D eigenvalue weighted by molar-refractivity contribution is 7.90. The summed E-state index contributed by atoms with van der Waals surface area (Å²) >= 11 is 0. The summed E-state index contributed by atoms with van der Waals surface area (Å²) in [4.78, 5) is 29.0. The van der Waals surface area contributed by atoms with Gasteiger partial charge in [-0.25, -0.2) is 17.8 Å². The third kappa shape index (κ3) is 5.61. The summed E-state index contributed by atoms with van der Waals surface area (Å²) in [5.41, 5.74) is 6.75. The van der Waals surface area contributed by atoms with E-state index < -0.39 is 15.7 Å². The predicted octanol–water partition coefficient (Wildman–Crippen LogP) is 5.30. The summed E-state index contributed by atoms with van der Waals surface area (Å²) < 4.78 is 37.9. The molecule has 0 saturated heterocycles. The van der Waals surface area contributed by atoms with Crippen molar-refractivity contribution < 1.29 is 17.6 Å². The van der Waals surface area contributed by atoms with Gasteiger partial charge in [0.25, 0.3) is 0 Å². The summed E-state index contributed by atoms with van der Waals surface area (Å²) in [5, 5.41) is 11.4. The van der Waals surface area contributed by atoms with Crippen molar-refractivity contribution in [2.24, 2.45) is 5.92 Å². The number of benzene rings is 2. The van der Waals surface area contributed by atoms with Gasteiger partial charge in [0.15, 0.2) is 5.82 Å². The van der Waals surface area contributed by atoms with Gasteiger partial charge in [-0.3, -0.25) is 19.9 Å². The van der Waals surface area contributed by atoms with Gasteiger partial charge >= 0.3 is 0 Å². The summed E-state index contributed by atoms with van der Waals surface area (Å²) in [5.74, 6) is 0.0777. The molecule has 0 bridgehead atoms. The van der Waals surface area contributed by atoms with Gasteiger partial charge in [-0.1, -0.05) is 12.1 Å². The number of sulfone groups is 1. The highest BCUT2D eigenvalue weighted by atomic mass is 32.2. The minimum atomic E-state index is -3.20. The van der Waals surface area contributed by atoms with Crippen LogP contribution in [0.4, 0.5) is 10.1 Å². The number of imidazole rings is 1. The second-order valence-corrected chi connectivity index (χ2v) is 13.2. The van der Waals surface area contributed by atoms with Crippen LogP contribution >= 0.6 is 0 Å². The van der Waals surface area contributed by atoms with E-state index in [0.717, 1.165) is 41.1 Å². The van der Waals surface area contributed by atoms with Crippen LogP contribution in [0.15, 0.2) is 67.3 Å². The molecule has 4 heterocycles. The van der Waals surface area contributed by atoms with Crippen molar-refractivity contribution in [1.29, 1.82) is 0 Å². The van der Waals surface area contributed by atoms with E-state index in [2.05, 4.69) is 30.5 Å². The van der Waals surface area contributed by atoms with Gasteiger partial charge < -0.3 is 10.3 Å². The van der Waals surface area contributed by atoms with Gasteiger partial charge in [0.05, 0.1) is 40.4 Å². The monoisotopic (exact) mass is 595 g/mol. The number of carbonyl (C=O) groups excluding carboxylic acids is 1. The second-order valence-electron chi connectivity index (χ2n) is 11.0. The minimum Gasteiger partial charge on any atom is -0.335 e. The highest BCUT2D eigenvalue weighted by Crippen LogP contribution is 2.34. The molecule has 12 heteroatoms. The molecule has 2 aromatic carbocycles. The molecule has 1 aliphatic carbocycles. The zero-order chi connectivity index (χ0) is 29.7. The lowest BCUT2D eigenvalue weighted by Crippen LogP contribution is -2.13. The Labute approximate surface area is 245 Å². The number of hydrogen-bond donors (Lipinski definition) is 3. The number of anilines is 1. The fraction of sp³-hybridized carbons (Fsp3) is 0.194. The Morgan fingerprint density at radius 2 is 1.81 bits per heavy atom. The number of nitrogens with zero attached hydrogens (tertiary/aromatic N) is 4. The molecular formula is C31H26FN7O3S. The molecule has 43 heavy (non-hydrogen) atoms. The average Bonchev–Trinajstić information content (AvgIpc) is 3.61. The molecule has 0 spiro atoms. The van der Waals surface area contributed by atoms with Crippen LogP contribution in [0.2, 0.25) is 0 Å². The quantitative estimate of drug-likeness (QED) is 0.216. The van der Waals surface area contributed by atoms with Gasteiger partial charge in [-0.15, -0.1) is 0 Å². The smallest absolute Gasteiger partial charge is 0.227 e. The average molecular weight is 596 g/mol. The van der Waals surface area contributed by atoms with E-state index in [-0.39, 0.29) is 24.0 Å². The minimum absolute atomic E-state index is 0.0219. The maximum Gasteiger partial charge on any atom is 0.227 e. The maximum absolute atomic E-state index is 14.6. The molecule has 4 aromatic heterocycles. The first kappa shape index (κ1) is 26.9. The Balaban J connectivity index is 1.25. The molecular weight excluding hydrogens is 569 g/mol. The van der Waals surface area contributed by atoms with Crippen LogP contribution in [0.25, 0.3) is 55.7 Å². The normalized spacial score (nSPS) is 13.5. The summed E-state index contributed by atoms with van der Waals surface area (Å²) in [6.45, 7) is 0. The number of fused-ring (bicyclic) bond motifs is 2. The molecule has 216 valence electrons. The fourth-order valence-corrected chi connectivity index (χ4v) is 5.75. The molecule has 3 N–H and O–H groups in total. The van der Waals surface area contributed by atoms with Gasteiger partial charge in [0, 0.05) is 41.1 Å². The molecule has 10 nitrogen and oxygen atoms in total. The van der Waals surface area contributed by atoms with Crippen molar-refractivity contribution in [1.82, 2.24) is 30.1 Å². The largest absolute Gasteiger partial charge is 0.335 e. The zero-order valence-electron chi connectivity index (χ0n) is 23.1. The first-order valence-electron chi connectivity index (χ1n) is 13.8. The van der Waals surface area contributed by atoms with Crippen LogP contribution in [0.1, 0.15) is 18.4 Å². The van der Waals surface area contributed by atoms with Crippen molar-refractivity contribution in [2.75, 3.05) is 17.3 Å². The maximum atomic E-state index is 14.6. The van der Waals surface area contributed by atoms with Crippen molar-refractivity contribution in [3.63, 3.8) is 0 Å². The Bertz CT molecular complexity index is 2150. The van der Waals surface area contributed by atoms with E-state index >= 15 is 0 Å². The fourth-order valence-electron chi connectivity index (χ4n) is 5.14. The first-order valence-corrected chi connectivity index (χ1v) is 15.8. The van der Waals surface area contributed by atoms with Crippen LogP contribution in [0.3, 0.4) is 0 Å². The molecule has 1 saturated carbocycles. The number of nitrogens with one attached hydrogen (secondary N) is 3. The second kappa shape index (κ2) is 10.4. The Morgan fingerprint density at radius 3 is 2.63 bits per heavy atom. The molecule has 0 radical (unpaired) electrons. The van der Waals surface area contributed by atoms with Crippen molar-refractivity contribution in [2.45, 2.75) is 19.3 Å². The van der Waals surface area contributed by atoms with Crippen molar-refractivity contribution in [3.8, 4) is 33.8 Å². The number of rotatable bonds is 8. The van der Waals surface area contributed by atoms with Crippen LogP contribution in [0.5, 0.6) is 0 Å². The lowest BCUT2D eigenvalue weighted by molar-refractivity contribution is -0.117. The molecule has 7 rings (SSSR count). The Morgan fingerprint density at radius 1 is 0.977 bits per heavy atom. The molecule has 0 aliphatic heterocycles. The summed E-state index contributed by atoms with van der Waals surface area (Å²) in [6.07, 6.45) is 9.85. The number of carbonyl (C=O) groups is 1. The van der Waals surface area contributed by atoms with E-state index in [4.69, 9.17) is 4.98 Å². The van der Waals surface area contributed by atoms with E-state index in [1.54, 1.807) is 30.9 Å². The van der Waals surface area contributed by atoms with Crippen LogP contribution in [-0.4, -0.2) is 56.5 Å². The standard InChI is InChI=1S/C31H26FN7O3S/c1-43(41,42)7-6-17-8-20(10-22(32)9-17)25-15-34-16-27-28(25)37-30(36-27)29-24-12-19(4-5-26(24)38-39-29)21-11-23(14-33-13-21)35-31(40)18-2-3-18/h4-5,8-16,18H,2-3,6-7H2,1H3,(H,35,40)(H,36,37)(H,38,39). The van der Waals surface area contributed by atoms with E-state index in [1.807, 2.05) is 24.3 Å². The van der Waals surface area contributed by atoms with Crippen LogP contribution in [0, 0.1) is 11.7 Å². The number of aromatic amines is 2. The first-order chi connectivity index (χ1) is 20.7. The zero-order valence-corrected chi connectivity index (χ0v) is 23.9. The molecule has 1 fully saturated rings.